The van der Waals surface area contributed by atoms with Gasteiger partial charge in [-0.2, -0.15) is 0 Å². The van der Waals surface area contributed by atoms with Crippen LogP contribution in [0.1, 0.15) is 32.6 Å². The predicted molar refractivity (Wildman–Crippen MR) is 61.8 cm³/mol. The molecule has 0 spiro atoms. The number of rotatable bonds is 4. The zero-order valence-electron chi connectivity index (χ0n) is 9.82. The summed E-state index contributed by atoms with van der Waals surface area (Å²) in [5.41, 5.74) is 5.78. The van der Waals surface area contributed by atoms with E-state index in [9.17, 15) is 0 Å². The second-order valence-electron chi connectivity index (χ2n) is 4.91. The van der Waals surface area contributed by atoms with Gasteiger partial charge in [-0.25, -0.2) is 0 Å². The molecule has 0 aromatic carbocycles. The Labute approximate surface area is 93.0 Å². The van der Waals surface area contributed by atoms with Crippen LogP contribution in [-0.2, 0) is 4.74 Å². The molecule has 88 valence electrons. The minimum absolute atomic E-state index is 0.522. The Morgan fingerprint density at radius 2 is 2.33 bits per heavy atom. The molecule has 1 saturated carbocycles. The maximum absolute atomic E-state index is 5.81. The van der Waals surface area contributed by atoms with Crippen LogP contribution in [0.2, 0.25) is 0 Å². The number of hydrogen-bond acceptors (Lipinski definition) is 3. The zero-order valence-corrected chi connectivity index (χ0v) is 9.82. The summed E-state index contributed by atoms with van der Waals surface area (Å²) >= 11 is 0. The van der Waals surface area contributed by atoms with Gasteiger partial charge >= 0.3 is 0 Å². The average Bonchev–Trinajstić information content (AvgIpc) is 2.74. The molecule has 1 aliphatic heterocycles. The Morgan fingerprint density at radius 1 is 1.47 bits per heavy atom. The van der Waals surface area contributed by atoms with Gasteiger partial charge < -0.3 is 10.5 Å². The Kier molecular flexibility index (Phi) is 4.00. The molecule has 0 aromatic heterocycles. The van der Waals surface area contributed by atoms with Gasteiger partial charge in [0.15, 0.2) is 0 Å². The highest BCUT2D eigenvalue weighted by atomic mass is 16.5. The van der Waals surface area contributed by atoms with Gasteiger partial charge in [-0.3, -0.25) is 4.90 Å². The number of nitrogens with two attached hydrogens (primary N) is 1. The van der Waals surface area contributed by atoms with Gasteiger partial charge in [0.05, 0.1) is 12.7 Å². The number of fused-ring (bicyclic) bond motifs is 1. The minimum Gasteiger partial charge on any atom is -0.375 e. The van der Waals surface area contributed by atoms with E-state index in [1.807, 2.05) is 0 Å². The van der Waals surface area contributed by atoms with Crippen LogP contribution in [0.3, 0.4) is 0 Å². The SMILES string of the molecule is CCC(CN)CN1CCOC2CCCC21. The van der Waals surface area contributed by atoms with Crippen LogP contribution in [0, 0.1) is 5.92 Å². The van der Waals surface area contributed by atoms with Crippen molar-refractivity contribution in [3.05, 3.63) is 0 Å². The highest BCUT2D eigenvalue weighted by molar-refractivity contribution is 4.90. The largest absolute Gasteiger partial charge is 0.375 e. The van der Waals surface area contributed by atoms with Crippen LogP contribution in [0.15, 0.2) is 0 Å². The summed E-state index contributed by atoms with van der Waals surface area (Å²) in [6.07, 6.45) is 5.65. The lowest BCUT2D eigenvalue weighted by molar-refractivity contribution is -0.0599. The van der Waals surface area contributed by atoms with Crippen molar-refractivity contribution in [1.29, 1.82) is 0 Å². The Hall–Kier alpha value is -0.120. The second-order valence-corrected chi connectivity index (χ2v) is 4.91. The van der Waals surface area contributed by atoms with Gasteiger partial charge in [0.2, 0.25) is 0 Å². The molecule has 3 heteroatoms. The lowest BCUT2D eigenvalue weighted by atomic mass is 10.0. The Balaban J connectivity index is 1.89. The molecule has 15 heavy (non-hydrogen) atoms. The fourth-order valence-corrected chi connectivity index (χ4v) is 2.93. The molecule has 3 atom stereocenters. The van der Waals surface area contributed by atoms with Gasteiger partial charge in [0.25, 0.3) is 0 Å². The van der Waals surface area contributed by atoms with Crippen molar-refractivity contribution < 1.29 is 4.74 Å². The first kappa shape index (κ1) is 11.4. The van der Waals surface area contributed by atoms with Crippen molar-refractivity contribution in [3.63, 3.8) is 0 Å². The first-order valence-electron chi connectivity index (χ1n) is 6.40. The number of ether oxygens (including phenoxy) is 1. The molecule has 2 aliphatic rings. The van der Waals surface area contributed by atoms with Crippen LogP contribution in [0.4, 0.5) is 0 Å². The summed E-state index contributed by atoms with van der Waals surface area (Å²) in [6, 6.07) is 0.694. The van der Waals surface area contributed by atoms with Crippen LogP contribution in [0.5, 0.6) is 0 Å². The summed E-state index contributed by atoms with van der Waals surface area (Å²) in [4.78, 5) is 2.63. The normalized spacial score (nSPS) is 34.0. The zero-order chi connectivity index (χ0) is 10.7. The van der Waals surface area contributed by atoms with Crippen molar-refractivity contribution in [2.45, 2.75) is 44.8 Å². The third kappa shape index (κ3) is 2.52. The third-order valence-corrected chi connectivity index (χ3v) is 4.00. The van der Waals surface area contributed by atoms with E-state index in [0.29, 0.717) is 18.1 Å². The summed E-state index contributed by atoms with van der Waals surface area (Å²) in [5, 5.41) is 0. The lowest BCUT2D eigenvalue weighted by Crippen LogP contribution is -2.50. The van der Waals surface area contributed by atoms with Crippen molar-refractivity contribution in [2.75, 3.05) is 26.2 Å². The number of hydrogen-bond donors (Lipinski definition) is 1. The monoisotopic (exact) mass is 212 g/mol. The molecular formula is C12H24N2O. The van der Waals surface area contributed by atoms with Gasteiger partial charge in [-0.1, -0.05) is 13.3 Å². The summed E-state index contributed by atoms with van der Waals surface area (Å²) in [7, 11) is 0. The molecular weight excluding hydrogens is 188 g/mol. The van der Waals surface area contributed by atoms with Crippen molar-refractivity contribution in [2.24, 2.45) is 11.7 Å². The van der Waals surface area contributed by atoms with Gasteiger partial charge in [0.1, 0.15) is 0 Å². The first-order chi connectivity index (χ1) is 7.35. The highest BCUT2D eigenvalue weighted by Gasteiger charge is 2.36. The summed E-state index contributed by atoms with van der Waals surface area (Å²) in [5.74, 6) is 0.671. The molecule has 2 rings (SSSR count). The summed E-state index contributed by atoms with van der Waals surface area (Å²) in [6.45, 7) is 6.27. The van der Waals surface area contributed by atoms with Gasteiger partial charge in [-0.05, 0) is 31.7 Å². The molecule has 1 aliphatic carbocycles. The topological polar surface area (TPSA) is 38.5 Å². The molecule has 3 unspecified atom stereocenters. The van der Waals surface area contributed by atoms with E-state index in [-0.39, 0.29) is 0 Å². The van der Waals surface area contributed by atoms with E-state index >= 15 is 0 Å². The van der Waals surface area contributed by atoms with Gasteiger partial charge in [0, 0.05) is 19.1 Å². The molecule has 2 N–H and O–H groups in total. The van der Waals surface area contributed by atoms with E-state index in [2.05, 4.69) is 11.8 Å². The van der Waals surface area contributed by atoms with E-state index in [1.54, 1.807) is 0 Å². The van der Waals surface area contributed by atoms with E-state index in [4.69, 9.17) is 10.5 Å². The maximum Gasteiger partial charge on any atom is 0.0730 e. The highest BCUT2D eigenvalue weighted by Crippen LogP contribution is 2.30. The molecule has 0 aromatic rings. The summed E-state index contributed by atoms with van der Waals surface area (Å²) < 4.78 is 5.81. The molecule has 0 amide bonds. The van der Waals surface area contributed by atoms with Crippen LogP contribution >= 0.6 is 0 Å². The second kappa shape index (κ2) is 5.28. The van der Waals surface area contributed by atoms with Gasteiger partial charge in [-0.15, -0.1) is 0 Å². The standard InChI is InChI=1S/C12H24N2O/c1-2-10(8-13)9-14-6-7-15-12-5-3-4-11(12)14/h10-12H,2-9,13H2,1H3. The quantitative estimate of drug-likeness (QED) is 0.761. The molecule has 3 nitrogen and oxygen atoms in total. The fourth-order valence-electron chi connectivity index (χ4n) is 2.93. The fraction of sp³-hybridized carbons (Fsp3) is 1.00. The van der Waals surface area contributed by atoms with E-state index < -0.39 is 0 Å². The van der Waals surface area contributed by atoms with E-state index in [0.717, 1.165) is 19.7 Å². The molecule has 1 heterocycles. The molecule has 2 fully saturated rings. The smallest absolute Gasteiger partial charge is 0.0730 e. The maximum atomic E-state index is 5.81. The van der Waals surface area contributed by atoms with E-state index in [1.165, 1.54) is 32.2 Å². The molecule has 0 radical (unpaired) electrons. The average molecular weight is 212 g/mol. The predicted octanol–water partition coefficient (Wildman–Crippen LogP) is 1.22. The van der Waals surface area contributed by atoms with Crippen LogP contribution in [0.25, 0.3) is 0 Å². The Morgan fingerprint density at radius 3 is 3.07 bits per heavy atom. The Bertz CT molecular complexity index is 194. The van der Waals surface area contributed by atoms with Crippen molar-refractivity contribution in [1.82, 2.24) is 4.90 Å². The minimum atomic E-state index is 0.522. The molecule has 0 bridgehead atoms. The first-order valence-corrected chi connectivity index (χ1v) is 6.40. The van der Waals surface area contributed by atoms with Crippen molar-refractivity contribution in [3.8, 4) is 0 Å². The van der Waals surface area contributed by atoms with Crippen LogP contribution < -0.4 is 5.73 Å². The lowest BCUT2D eigenvalue weighted by Gasteiger charge is -2.39. The third-order valence-electron chi connectivity index (χ3n) is 4.00. The number of morpholine rings is 1. The number of nitrogens with zero attached hydrogens (tertiary/aromatic N) is 1. The van der Waals surface area contributed by atoms with Crippen LogP contribution in [-0.4, -0.2) is 43.3 Å². The van der Waals surface area contributed by atoms with Crippen molar-refractivity contribution >= 4 is 0 Å². The molecule has 1 saturated heterocycles.